The molecule has 0 aromatic heterocycles. The molecule has 3 nitrogen and oxygen atoms in total. The van der Waals surface area contributed by atoms with Gasteiger partial charge in [0.1, 0.15) is 5.75 Å². The third-order valence-corrected chi connectivity index (χ3v) is 5.03. The molecule has 0 unspecified atom stereocenters. The minimum atomic E-state index is -0.0595. The normalized spacial score (nSPS) is 34.2. The van der Waals surface area contributed by atoms with Crippen LogP contribution in [-0.2, 0) is 5.41 Å². The largest absolute Gasteiger partial charge is 0.508 e. The van der Waals surface area contributed by atoms with E-state index in [1.165, 1.54) is 0 Å². The Morgan fingerprint density at radius 3 is 3.00 bits per heavy atom. The van der Waals surface area contributed by atoms with Crippen molar-refractivity contribution in [2.45, 2.75) is 38.1 Å². The summed E-state index contributed by atoms with van der Waals surface area (Å²) in [6, 6.07) is 5.14. The molecule has 3 heteroatoms. The van der Waals surface area contributed by atoms with Crippen LogP contribution >= 0.6 is 0 Å². The molecule has 96 valence electrons. The van der Waals surface area contributed by atoms with Crippen molar-refractivity contribution in [3.63, 3.8) is 0 Å². The van der Waals surface area contributed by atoms with Crippen LogP contribution < -0.4 is 5.32 Å². The van der Waals surface area contributed by atoms with Crippen molar-refractivity contribution in [1.82, 2.24) is 5.32 Å². The van der Waals surface area contributed by atoms with Crippen molar-refractivity contribution in [1.29, 1.82) is 0 Å². The molecule has 2 aliphatic rings. The molecular weight excluding hydrogens is 226 g/mol. The van der Waals surface area contributed by atoms with Crippen molar-refractivity contribution in [3.05, 3.63) is 29.3 Å². The Morgan fingerprint density at radius 1 is 1.50 bits per heavy atom. The number of fused-ring (bicyclic) bond motifs is 4. The second kappa shape index (κ2) is 3.82. The zero-order valence-corrected chi connectivity index (χ0v) is 10.9. The number of benzene rings is 1. The van der Waals surface area contributed by atoms with Crippen LogP contribution in [0.2, 0.25) is 0 Å². The number of carbonyl (C=O) groups excluding carboxylic acids is 1. The van der Waals surface area contributed by atoms with Gasteiger partial charge in [0.15, 0.2) is 5.78 Å². The van der Waals surface area contributed by atoms with Gasteiger partial charge < -0.3 is 10.4 Å². The fourth-order valence-corrected chi connectivity index (χ4v) is 3.89. The molecule has 3 atom stereocenters. The van der Waals surface area contributed by atoms with E-state index < -0.39 is 0 Å². The SMILES string of the molecule is CC[C@@]12CCN[C@H](C(=O)c3ccc(O)cc31)[C@@H]2C. The topological polar surface area (TPSA) is 49.3 Å². The van der Waals surface area contributed by atoms with Gasteiger partial charge in [-0.2, -0.15) is 0 Å². The number of ketones is 1. The van der Waals surface area contributed by atoms with Gasteiger partial charge in [-0.1, -0.05) is 13.8 Å². The molecule has 0 spiro atoms. The van der Waals surface area contributed by atoms with Crippen LogP contribution in [0.3, 0.4) is 0 Å². The number of phenols is 1. The summed E-state index contributed by atoms with van der Waals surface area (Å²) in [5.74, 6) is 0.734. The fourth-order valence-electron chi connectivity index (χ4n) is 3.89. The van der Waals surface area contributed by atoms with E-state index in [-0.39, 0.29) is 28.9 Å². The van der Waals surface area contributed by atoms with Gasteiger partial charge in [-0.25, -0.2) is 0 Å². The third kappa shape index (κ3) is 1.31. The highest BCUT2D eigenvalue weighted by molar-refractivity contribution is 6.03. The van der Waals surface area contributed by atoms with E-state index in [9.17, 15) is 9.90 Å². The monoisotopic (exact) mass is 245 g/mol. The molecule has 0 saturated carbocycles. The van der Waals surface area contributed by atoms with Crippen molar-refractivity contribution in [3.8, 4) is 5.75 Å². The molecule has 18 heavy (non-hydrogen) atoms. The summed E-state index contributed by atoms with van der Waals surface area (Å²) in [4.78, 5) is 12.5. The number of Topliss-reactive ketones (excluding diaryl/α,β-unsaturated/α-hetero) is 1. The molecule has 1 fully saturated rings. The van der Waals surface area contributed by atoms with Crippen LogP contribution in [0.25, 0.3) is 0 Å². The Labute approximate surface area is 107 Å². The first-order valence-electron chi connectivity index (χ1n) is 6.71. The number of phenolic OH excluding ortho intramolecular Hbond substituents is 1. The second-order valence-corrected chi connectivity index (χ2v) is 5.57. The lowest BCUT2D eigenvalue weighted by atomic mass is 9.57. The van der Waals surface area contributed by atoms with E-state index in [1.54, 1.807) is 18.2 Å². The maximum absolute atomic E-state index is 12.5. The van der Waals surface area contributed by atoms with Gasteiger partial charge in [-0.3, -0.25) is 4.79 Å². The van der Waals surface area contributed by atoms with Crippen LogP contribution in [0, 0.1) is 5.92 Å². The number of carbonyl (C=O) groups is 1. The van der Waals surface area contributed by atoms with E-state index in [2.05, 4.69) is 19.2 Å². The average Bonchev–Trinajstić information content (AvgIpc) is 2.37. The molecule has 2 N–H and O–H groups in total. The van der Waals surface area contributed by atoms with Crippen molar-refractivity contribution in [2.75, 3.05) is 6.54 Å². The lowest BCUT2D eigenvalue weighted by Gasteiger charge is -2.51. The predicted molar refractivity (Wildman–Crippen MR) is 70.0 cm³/mol. The Morgan fingerprint density at radius 2 is 2.28 bits per heavy atom. The molecule has 0 radical (unpaired) electrons. The van der Waals surface area contributed by atoms with E-state index in [4.69, 9.17) is 0 Å². The van der Waals surface area contributed by atoms with E-state index in [0.717, 1.165) is 30.5 Å². The quantitative estimate of drug-likeness (QED) is 0.797. The lowest BCUT2D eigenvalue weighted by molar-refractivity contribution is 0.0733. The molecular formula is C15H19NO2. The minimum Gasteiger partial charge on any atom is -0.508 e. The number of aromatic hydroxyl groups is 1. The number of hydrogen-bond donors (Lipinski definition) is 2. The smallest absolute Gasteiger partial charge is 0.180 e. The molecule has 1 aliphatic carbocycles. The first kappa shape index (κ1) is 11.7. The number of nitrogens with one attached hydrogen (secondary N) is 1. The summed E-state index contributed by atoms with van der Waals surface area (Å²) >= 11 is 0. The summed E-state index contributed by atoms with van der Waals surface area (Å²) in [5.41, 5.74) is 1.89. The molecule has 2 bridgehead atoms. The summed E-state index contributed by atoms with van der Waals surface area (Å²) in [6.07, 6.45) is 2.04. The van der Waals surface area contributed by atoms with E-state index in [1.807, 2.05) is 0 Å². The molecule has 1 aromatic carbocycles. The van der Waals surface area contributed by atoms with Crippen molar-refractivity contribution in [2.24, 2.45) is 5.92 Å². The number of hydrogen-bond acceptors (Lipinski definition) is 3. The van der Waals surface area contributed by atoms with Gasteiger partial charge in [0.25, 0.3) is 0 Å². The molecule has 1 aromatic rings. The Balaban J connectivity index is 2.27. The predicted octanol–water partition coefficient (Wildman–Crippen LogP) is 2.23. The summed E-state index contributed by atoms with van der Waals surface area (Å²) < 4.78 is 0. The van der Waals surface area contributed by atoms with Crippen LogP contribution in [-0.4, -0.2) is 23.5 Å². The first-order chi connectivity index (χ1) is 8.60. The lowest BCUT2D eigenvalue weighted by Crippen LogP contribution is -2.60. The maximum Gasteiger partial charge on any atom is 0.180 e. The molecule has 3 rings (SSSR count). The highest BCUT2D eigenvalue weighted by atomic mass is 16.3. The molecule has 1 saturated heterocycles. The van der Waals surface area contributed by atoms with Gasteiger partial charge in [0.05, 0.1) is 6.04 Å². The minimum absolute atomic E-state index is 0.0396. The average molecular weight is 245 g/mol. The summed E-state index contributed by atoms with van der Waals surface area (Å²) in [7, 11) is 0. The summed E-state index contributed by atoms with van der Waals surface area (Å²) in [5, 5.41) is 13.1. The highest BCUT2D eigenvalue weighted by Crippen LogP contribution is 2.49. The standard InChI is InChI=1S/C15H19NO2/c1-3-15-6-7-16-13(9(15)2)14(18)11-5-4-10(17)8-12(11)15/h4-5,8-9,13,16-17H,3,6-7H2,1-2H3/t9-,13-,15-/m0/s1. The van der Waals surface area contributed by atoms with Crippen LogP contribution in [0.15, 0.2) is 18.2 Å². The second-order valence-electron chi connectivity index (χ2n) is 5.57. The van der Waals surface area contributed by atoms with E-state index >= 15 is 0 Å². The van der Waals surface area contributed by atoms with Gasteiger partial charge in [-0.15, -0.1) is 0 Å². The Bertz CT molecular complexity index is 511. The maximum atomic E-state index is 12.5. The van der Waals surface area contributed by atoms with Crippen LogP contribution in [0.5, 0.6) is 5.75 Å². The number of piperidine rings is 1. The van der Waals surface area contributed by atoms with Gasteiger partial charge in [0.2, 0.25) is 0 Å². The number of rotatable bonds is 1. The van der Waals surface area contributed by atoms with Gasteiger partial charge in [0, 0.05) is 11.0 Å². The van der Waals surface area contributed by atoms with E-state index in [0.29, 0.717) is 0 Å². The van der Waals surface area contributed by atoms with Gasteiger partial charge >= 0.3 is 0 Å². The molecule has 1 heterocycles. The third-order valence-electron chi connectivity index (χ3n) is 5.03. The Kier molecular flexibility index (Phi) is 2.49. The van der Waals surface area contributed by atoms with Crippen LogP contribution in [0.4, 0.5) is 0 Å². The van der Waals surface area contributed by atoms with Gasteiger partial charge in [-0.05, 0) is 49.1 Å². The zero-order valence-electron chi connectivity index (χ0n) is 10.9. The van der Waals surface area contributed by atoms with Crippen molar-refractivity contribution >= 4 is 5.78 Å². The molecule has 1 aliphatic heterocycles. The Hall–Kier alpha value is -1.35. The fraction of sp³-hybridized carbons (Fsp3) is 0.533. The van der Waals surface area contributed by atoms with Crippen molar-refractivity contribution < 1.29 is 9.90 Å². The highest BCUT2D eigenvalue weighted by Gasteiger charge is 2.51. The van der Waals surface area contributed by atoms with Crippen LogP contribution in [0.1, 0.15) is 42.6 Å². The first-order valence-corrected chi connectivity index (χ1v) is 6.71. The molecule has 0 amide bonds. The summed E-state index contributed by atoms with van der Waals surface area (Å²) in [6.45, 7) is 5.22. The zero-order chi connectivity index (χ0) is 12.9.